The van der Waals surface area contributed by atoms with E-state index in [2.05, 4.69) is 4.74 Å². The highest BCUT2D eigenvalue weighted by molar-refractivity contribution is 5.78. The molecule has 24 heavy (non-hydrogen) atoms. The van der Waals surface area contributed by atoms with E-state index in [-0.39, 0.29) is 24.9 Å². The molecule has 0 N–H and O–H groups in total. The first-order chi connectivity index (χ1) is 11.6. The monoisotopic (exact) mass is 333 g/mol. The van der Waals surface area contributed by atoms with Crippen LogP contribution in [0.2, 0.25) is 0 Å². The number of amides is 1. The van der Waals surface area contributed by atoms with Crippen LogP contribution in [0.3, 0.4) is 0 Å². The summed E-state index contributed by atoms with van der Waals surface area (Å²) in [6.45, 7) is 2.81. The highest BCUT2D eigenvalue weighted by Gasteiger charge is 2.24. The fraction of sp³-hybridized carbons (Fsp3) is 0.579. The van der Waals surface area contributed by atoms with Crippen molar-refractivity contribution in [1.82, 2.24) is 4.90 Å². The van der Waals surface area contributed by atoms with E-state index in [0.29, 0.717) is 11.8 Å². The molecule has 0 aliphatic heterocycles. The Hall–Kier alpha value is -2.04. The van der Waals surface area contributed by atoms with Crippen LogP contribution in [-0.4, -0.2) is 43.1 Å². The van der Waals surface area contributed by atoms with Crippen molar-refractivity contribution in [2.45, 2.75) is 51.5 Å². The van der Waals surface area contributed by atoms with E-state index in [4.69, 9.17) is 4.74 Å². The molecule has 0 aromatic heterocycles. The summed E-state index contributed by atoms with van der Waals surface area (Å²) in [7, 11) is 1.37. The lowest BCUT2D eigenvalue weighted by Gasteiger charge is -2.33. The molecule has 5 nitrogen and oxygen atoms in total. The lowest BCUT2D eigenvalue weighted by Crippen LogP contribution is -2.43. The Labute approximate surface area is 143 Å². The number of nitrogens with zero attached hydrogens (tertiary/aromatic N) is 1. The van der Waals surface area contributed by atoms with Crippen LogP contribution in [0.5, 0.6) is 5.75 Å². The summed E-state index contributed by atoms with van der Waals surface area (Å²) in [5.74, 6) is 0.407. The fourth-order valence-corrected chi connectivity index (χ4v) is 3.20. The van der Waals surface area contributed by atoms with Crippen LogP contribution >= 0.6 is 0 Å². The van der Waals surface area contributed by atoms with Gasteiger partial charge in [-0.25, -0.2) is 0 Å². The standard InChI is InChI=1S/C19H27NO4/c1-3-20(16-7-5-4-6-8-16)18(21)14-24-17-11-9-15(10-12-17)13-19(22)23-2/h9-12,16H,3-8,13-14H2,1-2H3. The summed E-state index contributed by atoms with van der Waals surface area (Å²) in [5.41, 5.74) is 0.859. The molecule has 1 aliphatic rings. The Morgan fingerprint density at radius 3 is 2.38 bits per heavy atom. The molecular formula is C19H27NO4. The molecule has 132 valence electrons. The van der Waals surface area contributed by atoms with E-state index >= 15 is 0 Å². The summed E-state index contributed by atoms with van der Waals surface area (Å²) >= 11 is 0. The Balaban J connectivity index is 1.84. The summed E-state index contributed by atoms with van der Waals surface area (Å²) in [6, 6.07) is 7.55. The molecule has 1 aliphatic carbocycles. The molecule has 0 saturated heterocycles. The van der Waals surface area contributed by atoms with Gasteiger partial charge in [0.25, 0.3) is 5.91 Å². The average molecular weight is 333 g/mol. The normalized spacial score (nSPS) is 14.9. The Morgan fingerprint density at radius 2 is 1.79 bits per heavy atom. The highest BCUT2D eigenvalue weighted by Crippen LogP contribution is 2.22. The van der Waals surface area contributed by atoms with Crippen molar-refractivity contribution in [3.63, 3.8) is 0 Å². The van der Waals surface area contributed by atoms with Gasteiger partial charge in [0.05, 0.1) is 13.5 Å². The zero-order valence-corrected chi connectivity index (χ0v) is 14.6. The quantitative estimate of drug-likeness (QED) is 0.720. The largest absolute Gasteiger partial charge is 0.484 e. The minimum Gasteiger partial charge on any atom is -0.484 e. The number of methoxy groups -OCH3 is 1. The van der Waals surface area contributed by atoms with Crippen molar-refractivity contribution in [3.8, 4) is 5.75 Å². The zero-order valence-electron chi connectivity index (χ0n) is 14.6. The predicted molar refractivity (Wildman–Crippen MR) is 91.9 cm³/mol. The van der Waals surface area contributed by atoms with Gasteiger partial charge in [-0.3, -0.25) is 9.59 Å². The number of likely N-dealkylation sites (N-methyl/N-ethyl adjacent to an activating group) is 1. The van der Waals surface area contributed by atoms with Crippen molar-refractivity contribution in [2.75, 3.05) is 20.3 Å². The van der Waals surface area contributed by atoms with Crippen molar-refractivity contribution >= 4 is 11.9 Å². The molecule has 5 heteroatoms. The molecule has 0 radical (unpaired) electrons. The Morgan fingerprint density at radius 1 is 1.12 bits per heavy atom. The molecule has 0 heterocycles. The second-order valence-corrected chi connectivity index (χ2v) is 6.16. The number of hydrogen-bond donors (Lipinski definition) is 0. The molecule has 2 rings (SSSR count). The Bertz CT molecular complexity index is 535. The number of ether oxygens (including phenoxy) is 2. The Kier molecular flexibility index (Phi) is 7.09. The molecule has 0 atom stereocenters. The third kappa shape index (κ3) is 5.25. The third-order valence-corrected chi connectivity index (χ3v) is 4.54. The van der Waals surface area contributed by atoms with Gasteiger partial charge in [-0.15, -0.1) is 0 Å². The van der Waals surface area contributed by atoms with Crippen LogP contribution in [-0.2, 0) is 20.7 Å². The lowest BCUT2D eigenvalue weighted by molar-refractivity contribution is -0.139. The minimum absolute atomic E-state index is 0.0445. The van der Waals surface area contributed by atoms with E-state index in [1.54, 1.807) is 12.1 Å². The van der Waals surface area contributed by atoms with E-state index in [9.17, 15) is 9.59 Å². The molecule has 1 aromatic carbocycles. The molecular weight excluding hydrogens is 306 g/mol. The zero-order chi connectivity index (χ0) is 17.4. The highest BCUT2D eigenvalue weighted by atomic mass is 16.5. The summed E-state index contributed by atoms with van der Waals surface area (Å²) in [4.78, 5) is 25.6. The third-order valence-electron chi connectivity index (χ3n) is 4.54. The van der Waals surface area contributed by atoms with Gasteiger partial charge in [0.1, 0.15) is 5.75 Å². The van der Waals surface area contributed by atoms with Crippen molar-refractivity contribution in [3.05, 3.63) is 29.8 Å². The van der Waals surface area contributed by atoms with Gasteiger partial charge in [0.15, 0.2) is 6.61 Å². The van der Waals surface area contributed by atoms with Gasteiger partial charge in [0, 0.05) is 12.6 Å². The van der Waals surface area contributed by atoms with Gasteiger partial charge < -0.3 is 14.4 Å². The second-order valence-electron chi connectivity index (χ2n) is 6.16. The number of carbonyl (C=O) groups is 2. The number of carbonyl (C=O) groups excluding carboxylic acids is 2. The van der Waals surface area contributed by atoms with Crippen molar-refractivity contribution in [2.24, 2.45) is 0 Å². The number of esters is 1. The molecule has 1 amide bonds. The van der Waals surface area contributed by atoms with Crippen molar-refractivity contribution < 1.29 is 19.1 Å². The van der Waals surface area contributed by atoms with Gasteiger partial charge in [-0.2, -0.15) is 0 Å². The maximum atomic E-state index is 12.4. The lowest BCUT2D eigenvalue weighted by atomic mass is 9.94. The van der Waals surface area contributed by atoms with Crippen LogP contribution in [0.15, 0.2) is 24.3 Å². The summed E-state index contributed by atoms with van der Waals surface area (Å²) in [6.07, 6.45) is 6.12. The topological polar surface area (TPSA) is 55.8 Å². The first-order valence-electron chi connectivity index (χ1n) is 8.72. The molecule has 1 saturated carbocycles. The van der Waals surface area contributed by atoms with Crippen LogP contribution < -0.4 is 4.74 Å². The molecule has 0 bridgehead atoms. The van der Waals surface area contributed by atoms with E-state index in [0.717, 1.165) is 24.9 Å². The van der Waals surface area contributed by atoms with Crippen molar-refractivity contribution in [1.29, 1.82) is 0 Å². The summed E-state index contributed by atoms with van der Waals surface area (Å²) in [5, 5.41) is 0. The first-order valence-corrected chi connectivity index (χ1v) is 8.72. The van der Waals surface area contributed by atoms with Gasteiger partial charge in [-0.05, 0) is 37.5 Å². The fourth-order valence-electron chi connectivity index (χ4n) is 3.20. The van der Waals surface area contributed by atoms with Gasteiger partial charge in [-0.1, -0.05) is 31.4 Å². The number of rotatable bonds is 7. The summed E-state index contributed by atoms with van der Waals surface area (Å²) < 4.78 is 10.3. The minimum atomic E-state index is -0.273. The van der Waals surface area contributed by atoms with Crippen LogP contribution in [0.1, 0.15) is 44.6 Å². The predicted octanol–water partition coefficient (Wildman–Crippen LogP) is 2.96. The van der Waals surface area contributed by atoms with Crippen LogP contribution in [0.25, 0.3) is 0 Å². The van der Waals surface area contributed by atoms with E-state index in [1.165, 1.54) is 26.4 Å². The number of hydrogen-bond acceptors (Lipinski definition) is 4. The maximum absolute atomic E-state index is 12.4. The molecule has 1 fully saturated rings. The van der Waals surface area contributed by atoms with Crippen LogP contribution in [0, 0.1) is 0 Å². The first kappa shape index (κ1) is 18.3. The maximum Gasteiger partial charge on any atom is 0.309 e. The smallest absolute Gasteiger partial charge is 0.309 e. The molecule has 0 unspecified atom stereocenters. The van der Waals surface area contributed by atoms with E-state index in [1.807, 2.05) is 24.0 Å². The average Bonchev–Trinajstić information content (AvgIpc) is 2.62. The SMILES string of the molecule is CCN(C(=O)COc1ccc(CC(=O)OC)cc1)C1CCCCC1. The second kappa shape index (κ2) is 9.30. The molecule has 0 spiro atoms. The van der Waals surface area contributed by atoms with Crippen LogP contribution in [0.4, 0.5) is 0 Å². The molecule has 1 aromatic rings. The van der Waals surface area contributed by atoms with Gasteiger partial charge in [0.2, 0.25) is 0 Å². The number of benzene rings is 1. The van der Waals surface area contributed by atoms with E-state index < -0.39 is 0 Å². The van der Waals surface area contributed by atoms with Gasteiger partial charge >= 0.3 is 5.97 Å².